The van der Waals surface area contributed by atoms with Crippen molar-refractivity contribution in [2.45, 2.75) is 38.6 Å². The van der Waals surface area contributed by atoms with E-state index in [2.05, 4.69) is 5.32 Å². The number of ether oxygens (including phenoxy) is 1. The molecule has 0 aliphatic heterocycles. The Bertz CT molecular complexity index is 500. The molecule has 1 rings (SSSR count). The third-order valence-corrected chi connectivity index (χ3v) is 3.65. The molecule has 0 aromatic heterocycles. The van der Waals surface area contributed by atoms with Gasteiger partial charge < -0.3 is 15.2 Å². The fourth-order valence-corrected chi connectivity index (χ4v) is 2.23. The molecule has 1 amide bonds. The second-order valence-electron chi connectivity index (χ2n) is 4.85. The van der Waals surface area contributed by atoms with Crippen molar-refractivity contribution in [3.63, 3.8) is 0 Å². The summed E-state index contributed by atoms with van der Waals surface area (Å²) in [6, 6.07) is 6.74. The highest BCUT2D eigenvalue weighted by Gasteiger charge is 2.30. The molecule has 6 heteroatoms. The third-order valence-electron chi connectivity index (χ3n) is 3.41. The van der Waals surface area contributed by atoms with E-state index in [1.54, 1.807) is 24.3 Å². The smallest absolute Gasteiger partial charge is 0.305 e. The van der Waals surface area contributed by atoms with Gasteiger partial charge in [-0.2, -0.15) is 0 Å². The Labute approximate surface area is 129 Å². The third kappa shape index (κ3) is 5.63. The number of hydrogen-bond donors (Lipinski definition) is 2. The molecule has 0 spiro atoms. The summed E-state index contributed by atoms with van der Waals surface area (Å²) in [6.45, 7) is 3.52. The molecule has 0 fully saturated rings. The van der Waals surface area contributed by atoms with E-state index in [1.165, 1.54) is 0 Å². The van der Waals surface area contributed by atoms with Gasteiger partial charge in [0.15, 0.2) is 6.61 Å². The standard InChI is InChI=1S/C15H20ClNO4/c1-3-15(4-2,9-14(19)20)17-13(18)10-21-12-7-5-6-11(16)8-12/h5-8H,3-4,9-10H2,1-2H3,(H,17,18)(H,19,20). The van der Waals surface area contributed by atoms with Crippen molar-refractivity contribution in [2.24, 2.45) is 0 Å². The highest BCUT2D eigenvalue weighted by Crippen LogP contribution is 2.20. The van der Waals surface area contributed by atoms with E-state index in [0.29, 0.717) is 23.6 Å². The Morgan fingerprint density at radius 3 is 2.52 bits per heavy atom. The molecule has 21 heavy (non-hydrogen) atoms. The number of halogens is 1. The van der Waals surface area contributed by atoms with E-state index in [1.807, 2.05) is 13.8 Å². The van der Waals surface area contributed by atoms with Crippen LogP contribution in [0.1, 0.15) is 33.1 Å². The van der Waals surface area contributed by atoms with Crippen LogP contribution in [0.4, 0.5) is 0 Å². The van der Waals surface area contributed by atoms with E-state index < -0.39 is 11.5 Å². The van der Waals surface area contributed by atoms with Gasteiger partial charge in [0.05, 0.1) is 12.0 Å². The molecule has 0 aliphatic rings. The zero-order chi connectivity index (χ0) is 15.9. The molecule has 5 nitrogen and oxygen atoms in total. The van der Waals surface area contributed by atoms with Crippen LogP contribution < -0.4 is 10.1 Å². The minimum Gasteiger partial charge on any atom is -0.484 e. The van der Waals surface area contributed by atoms with Crippen molar-refractivity contribution >= 4 is 23.5 Å². The maximum atomic E-state index is 12.0. The first kappa shape index (κ1) is 17.3. The van der Waals surface area contributed by atoms with Gasteiger partial charge in [0.1, 0.15) is 5.75 Å². The number of hydrogen-bond acceptors (Lipinski definition) is 3. The quantitative estimate of drug-likeness (QED) is 0.774. The van der Waals surface area contributed by atoms with Crippen LogP contribution in [0.25, 0.3) is 0 Å². The zero-order valence-electron chi connectivity index (χ0n) is 12.2. The fraction of sp³-hybridized carbons (Fsp3) is 0.467. The molecule has 0 unspecified atom stereocenters. The van der Waals surface area contributed by atoms with Crippen molar-refractivity contribution < 1.29 is 19.4 Å². The van der Waals surface area contributed by atoms with Crippen molar-refractivity contribution in [1.82, 2.24) is 5.32 Å². The van der Waals surface area contributed by atoms with Gasteiger partial charge >= 0.3 is 5.97 Å². The monoisotopic (exact) mass is 313 g/mol. The average Bonchev–Trinajstić information content (AvgIpc) is 2.44. The summed E-state index contributed by atoms with van der Waals surface area (Å²) in [7, 11) is 0. The molecule has 1 aromatic rings. The van der Waals surface area contributed by atoms with Crippen LogP contribution in [0, 0.1) is 0 Å². The lowest BCUT2D eigenvalue weighted by atomic mass is 9.89. The average molecular weight is 314 g/mol. The van der Waals surface area contributed by atoms with Crippen molar-refractivity contribution in [3.8, 4) is 5.75 Å². The summed E-state index contributed by atoms with van der Waals surface area (Å²) in [5.41, 5.74) is -0.736. The second kappa shape index (κ2) is 7.88. The SMILES string of the molecule is CCC(CC)(CC(=O)O)NC(=O)COc1cccc(Cl)c1. The Kier molecular flexibility index (Phi) is 6.49. The summed E-state index contributed by atoms with van der Waals surface area (Å²) >= 11 is 5.82. The van der Waals surface area contributed by atoms with Crippen LogP contribution in [-0.2, 0) is 9.59 Å². The normalized spacial score (nSPS) is 11.0. The first-order valence-corrected chi connectivity index (χ1v) is 7.19. The lowest BCUT2D eigenvalue weighted by Gasteiger charge is -2.31. The first-order valence-electron chi connectivity index (χ1n) is 6.82. The summed E-state index contributed by atoms with van der Waals surface area (Å²) in [5.74, 6) is -0.788. The van der Waals surface area contributed by atoms with Crippen LogP contribution >= 0.6 is 11.6 Å². The van der Waals surface area contributed by atoms with Gasteiger partial charge in [-0.25, -0.2) is 0 Å². The molecule has 0 atom stereocenters. The lowest BCUT2D eigenvalue weighted by molar-refractivity contribution is -0.139. The Balaban J connectivity index is 2.60. The number of carbonyl (C=O) groups excluding carboxylic acids is 1. The Morgan fingerprint density at radius 2 is 2.00 bits per heavy atom. The van der Waals surface area contributed by atoms with E-state index in [4.69, 9.17) is 21.4 Å². The number of amides is 1. The summed E-state index contributed by atoms with van der Waals surface area (Å²) in [6.07, 6.45) is 0.973. The van der Waals surface area contributed by atoms with Crippen LogP contribution in [-0.4, -0.2) is 29.1 Å². The number of carboxylic acid groups (broad SMARTS) is 1. The number of carbonyl (C=O) groups is 2. The maximum absolute atomic E-state index is 12.0. The van der Waals surface area contributed by atoms with Gasteiger partial charge in [-0.15, -0.1) is 0 Å². The summed E-state index contributed by atoms with van der Waals surface area (Å²) < 4.78 is 5.34. The van der Waals surface area contributed by atoms with E-state index in [9.17, 15) is 9.59 Å². The van der Waals surface area contributed by atoms with Gasteiger partial charge in [0.2, 0.25) is 0 Å². The molecule has 2 N–H and O–H groups in total. The van der Waals surface area contributed by atoms with Crippen molar-refractivity contribution in [3.05, 3.63) is 29.3 Å². The van der Waals surface area contributed by atoms with E-state index in [0.717, 1.165) is 0 Å². The number of aliphatic carboxylic acids is 1. The first-order chi connectivity index (χ1) is 9.90. The minimum absolute atomic E-state index is 0.108. The lowest BCUT2D eigenvalue weighted by Crippen LogP contribution is -2.50. The molecule has 1 aromatic carbocycles. The molecule has 0 bridgehead atoms. The predicted octanol–water partition coefficient (Wildman–Crippen LogP) is 2.87. The topological polar surface area (TPSA) is 75.6 Å². The second-order valence-corrected chi connectivity index (χ2v) is 5.29. The molecule has 0 aliphatic carbocycles. The van der Waals surface area contributed by atoms with Crippen LogP contribution in [0.15, 0.2) is 24.3 Å². The van der Waals surface area contributed by atoms with Crippen molar-refractivity contribution in [2.75, 3.05) is 6.61 Å². The van der Waals surface area contributed by atoms with Crippen LogP contribution in [0.3, 0.4) is 0 Å². The maximum Gasteiger partial charge on any atom is 0.305 e. The number of benzene rings is 1. The fourth-order valence-electron chi connectivity index (χ4n) is 2.05. The zero-order valence-corrected chi connectivity index (χ0v) is 12.9. The number of rotatable bonds is 8. The molecule has 0 saturated heterocycles. The molecular weight excluding hydrogens is 294 g/mol. The number of carboxylic acids is 1. The van der Waals surface area contributed by atoms with Gasteiger partial charge in [0.25, 0.3) is 5.91 Å². The predicted molar refractivity (Wildman–Crippen MR) is 80.7 cm³/mol. The van der Waals surface area contributed by atoms with E-state index >= 15 is 0 Å². The van der Waals surface area contributed by atoms with Crippen LogP contribution in [0.2, 0.25) is 5.02 Å². The van der Waals surface area contributed by atoms with Gasteiger partial charge in [-0.3, -0.25) is 9.59 Å². The number of nitrogens with one attached hydrogen (secondary N) is 1. The van der Waals surface area contributed by atoms with Crippen LogP contribution in [0.5, 0.6) is 5.75 Å². The van der Waals surface area contributed by atoms with Gasteiger partial charge in [-0.05, 0) is 31.0 Å². The minimum atomic E-state index is -0.935. The Hall–Kier alpha value is -1.75. The van der Waals surface area contributed by atoms with Crippen molar-refractivity contribution in [1.29, 1.82) is 0 Å². The highest BCUT2D eigenvalue weighted by molar-refractivity contribution is 6.30. The molecule has 116 valence electrons. The van der Waals surface area contributed by atoms with Gasteiger partial charge in [0, 0.05) is 5.02 Å². The molecule has 0 saturated carbocycles. The Morgan fingerprint density at radius 1 is 1.33 bits per heavy atom. The molecule has 0 radical (unpaired) electrons. The van der Waals surface area contributed by atoms with Gasteiger partial charge in [-0.1, -0.05) is 31.5 Å². The van der Waals surface area contributed by atoms with E-state index in [-0.39, 0.29) is 18.9 Å². The highest BCUT2D eigenvalue weighted by atomic mass is 35.5. The molecular formula is C15H20ClNO4. The largest absolute Gasteiger partial charge is 0.484 e. The summed E-state index contributed by atoms with van der Waals surface area (Å²) in [5, 5.41) is 12.3. The molecule has 0 heterocycles. The summed E-state index contributed by atoms with van der Waals surface area (Å²) in [4.78, 5) is 22.9.